The van der Waals surface area contributed by atoms with E-state index in [0.717, 1.165) is 6.16 Å². The van der Waals surface area contributed by atoms with Crippen LogP contribution in [-0.2, 0) is 0 Å². The van der Waals surface area contributed by atoms with Gasteiger partial charge in [-0.3, -0.25) is 0 Å². The van der Waals surface area contributed by atoms with Crippen molar-refractivity contribution >= 4 is 41.0 Å². The van der Waals surface area contributed by atoms with Crippen LogP contribution in [0.1, 0.15) is 31.7 Å². The number of benzene rings is 5. The van der Waals surface area contributed by atoms with Crippen molar-refractivity contribution in [1.82, 2.24) is 0 Å². The molecule has 222 valence electrons. The first-order valence-corrected chi connectivity index (χ1v) is 20.2. The Kier molecular flexibility index (Phi) is 9.23. The summed E-state index contributed by atoms with van der Waals surface area (Å²) in [6.45, 7) is 8.74. The fraction of sp³-hybridized carbons (Fsp3) is 0.143. The molecule has 1 aliphatic rings. The standard InChI is InChI=1S/C42H44P2/c1-4-6-19-34(3)44(39-24-15-9-16-25-39,40-26-17-10-18-27-40)42-33-41(42)35-28-30-38(31-29-35)43(32-5-2,36-20-11-7-12-21-36)37-22-13-8-14-23-37/h4-31,41-44H,2,32-33H2,1,3H3/b6-4-,34-19+. The normalized spacial score (nSPS) is 17.7. The molecule has 2 heteroatoms. The summed E-state index contributed by atoms with van der Waals surface area (Å²) in [6, 6.07) is 54.9. The summed E-state index contributed by atoms with van der Waals surface area (Å²) < 4.78 is 0. The Balaban J connectivity index is 1.44. The fourth-order valence-corrected chi connectivity index (χ4v) is 18.0. The third-order valence-electron chi connectivity index (χ3n) is 9.78. The molecule has 0 aromatic heterocycles. The van der Waals surface area contributed by atoms with Crippen LogP contribution in [0.25, 0.3) is 0 Å². The summed E-state index contributed by atoms with van der Waals surface area (Å²) in [7, 11) is -4.54. The molecule has 1 saturated carbocycles. The molecule has 1 aliphatic carbocycles. The van der Waals surface area contributed by atoms with Gasteiger partial charge in [0.2, 0.25) is 0 Å². The number of hydrogen-bond donors (Lipinski definition) is 0. The van der Waals surface area contributed by atoms with E-state index in [9.17, 15) is 0 Å². The van der Waals surface area contributed by atoms with Crippen LogP contribution in [0.5, 0.6) is 0 Å². The summed E-state index contributed by atoms with van der Waals surface area (Å²) in [6.07, 6.45) is 11.1. The van der Waals surface area contributed by atoms with Crippen molar-refractivity contribution in [1.29, 1.82) is 0 Å². The van der Waals surface area contributed by atoms with Crippen LogP contribution in [0.4, 0.5) is 0 Å². The molecule has 0 aliphatic heterocycles. The van der Waals surface area contributed by atoms with E-state index in [4.69, 9.17) is 0 Å². The van der Waals surface area contributed by atoms with Gasteiger partial charge in [-0.25, -0.2) is 0 Å². The van der Waals surface area contributed by atoms with Crippen LogP contribution in [-0.4, -0.2) is 11.8 Å². The summed E-state index contributed by atoms with van der Waals surface area (Å²) in [5.41, 5.74) is 2.09. The van der Waals surface area contributed by atoms with E-state index in [0.29, 0.717) is 11.6 Å². The van der Waals surface area contributed by atoms with Crippen molar-refractivity contribution < 1.29 is 0 Å². The van der Waals surface area contributed by atoms with Gasteiger partial charge in [0.1, 0.15) is 0 Å². The second kappa shape index (κ2) is 13.4. The van der Waals surface area contributed by atoms with Crippen LogP contribution in [0.15, 0.2) is 182 Å². The van der Waals surface area contributed by atoms with Crippen molar-refractivity contribution in [2.75, 3.05) is 6.16 Å². The summed E-state index contributed by atoms with van der Waals surface area (Å²) in [5, 5.41) is 8.88. The summed E-state index contributed by atoms with van der Waals surface area (Å²) in [5.74, 6) is 0.550. The van der Waals surface area contributed by atoms with Gasteiger partial charge in [-0.05, 0) is 0 Å². The van der Waals surface area contributed by atoms with Crippen molar-refractivity contribution in [2.24, 2.45) is 0 Å². The molecule has 0 N–H and O–H groups in total. The SMILES string of the molecule is C=CC[PH](c1ccccc1)(c1ccccc1)c1ccc(C2CC2[PH](/C(C)=C/C=C\C)(c2ccccc2)c2ccccc2)cc1. The maximum atomic E-state index is 4.24. The Morgan fingerprint density at radius 2 is 1.07 bits per heavy atom. The molecular weight excluding hydrogens is 566 g/mol. The molecule has 5 aromatic carbocycles. The summed E-state index contributed by atoms with van der Waals surface area (Å²) >= 11 is 0. The van der Waals surface area contributed by atoms with Gasteiger partial charge in [-0.15, -0.1) is 0 Å². The van der Waals surface area contributed by atoms with E-state index in [1.807, 2.05) is 0 Å². The Morgan fingerprint density at radius 3 is 1.50 bits per heavy atom. The minimum atomic E-state index is -2.28. The number of allylic oxidation sites excluding steroid dienone is 5. The van der Waals surface area contributed by atoms with Gasteiger partial charge in [0.15, 0.2) is 0 Å². The van der Waals surface area contributed by atoms with Crippen molar-refractivity contribution in [2.45, 2.75) is 31.8 Å². The third kappa shape index (κ3) is 5.48. The first-order chi connectivity index (χ1) is 21.7. The monoisotopic (exact) mass is 610 g/mol. The van der Waals surface area contributed by atoms with Crippen LogP contribution < -0.4 is 26.5 Å². The van der Waals surface area contributed by atoms with E-state index in [2.05, 4.69) is 190 Å². The first-order valence-electron chi connectivity index (χ1n) is 15.9. The summed E-state index contributed by atoms with van der Waals surface area (Å²) in [4.78, 5) is 0. The minimum absolute atomic E-state index is 0.550. The molecule has 0 radical (unpaired) electrons. The van der Waals surface area contributed by atoms with E-state index < -0.39 is 14.5 Å². The Hall–Kier alpha value is -3.82. The van der Waals surface area contributed by atoms with Gasteiger partial charge in [-0.2, -0.15) is 0 Å². The van der Waals surface area contributed by atoms with Gasteiger partial charge in [0.05, 0.1) is 0 Å². The van der Waals surface area contributed by atoms with Crippen LogP contribution in [0.3, 0.4) is 0 Å². The quantitative estimate of drug-likeness (QED) is 0.0798. The average molecular weight is 611 g/mol. The Labute approximate surface area is 265 Å². The molecule has 5 aromatic rings. The molecule has 0 heterocycles. The average Bonchev–Trinajstić information content (AvgIpc) is 3.90. The second-order valence-electron chi connectivity index (χ2n) is 12.1. The third-order valence-corrected chi connectivity index (χ3v) is 20.3. The zero-order valence-corrected chi connectivity index (χ0v) is 27.9. The molecule has 6 rings (SSSR count). The topological polar surface area (TPSA) is 0 Å². The van der Waals surface area contributed by atoms with Gasteiger partial charge in [-0.1, -0.05) is 0 Å². The molecule has 1 fully saturated rings. The van der Waals surface area contributed by atoms with Crippen LogP contribution in [0, 0.1) is 0 Å². The maximum absolute atomic E-state index is 4.24. The molecule has 0 spiro atoms. The molecule has 2 unspecified atom stereocenters. The van der Waals surface area contributed by atoms with Gasteiger partial charge in [0, 0.05) is 0 Å². The Morgan fingerprint density at radius 1 is 0.636 bits per heavy atom. The van der Waals surface area contributed by atoms with Crippen LogP contribution in [0.2, 0.25) is 0 Å². The van der Waals surface area contributed by atoms with E-state index in [1.54, 1.807) is 0 Å². The molecule has 0 bridgehead atoms. The molecular formula is C42H44P2. The predicted molar refractivity (Wildman–Crippen MR) is 202 cm³/mol. The van der Waals surface area contributed by atoms with Gasteiger partial charge < -0.3 is 0 Å². The zero-order chi connectivity index (χ0) is 30.4. The molecule has 2 atom stereocenters. The van der Waals surface area contributed by atoms with Gasteiger partial charge >= 0.3 is 266 Å². The molecule has 0 saturated heterocycles. The van der Waals surface area contributed by atoms with Crippen molar-refractivity contribution in [3.8, 4) is 0 Å². The number of rotatable bonds is 11. The zero-order valence-electron chi connectivity index (χ0n) is 25.9. The van der Waals surface area contributed by atoms with E-state index >= 15 is 0 Å². The van der Waals surface area contributed by atoms with Crippen molar-refractivity contribution in [3.05, 3.63) is 187 Å². The van der Waals surface area contributed by atoms with E-state index in [1.165, 1.54) is 43.8 Å². The molecule has 44 heavy (non-hydrogen) atoms. The molecule has 0 amide bonds. The first kappa shape index (κ1) is 30.2. The Bertz CT molecular complexity index is 1640. The predicted octanol–water partition coefficient (Wildman–Crippen LogP) is 8.64. The van der Waals surface area contributed by atoms with Gasteiger partial charge in [0.25, 0.3) is 0 Å². The fourth-order valence-electron chi connectivity index (χ4n) is 7.69. The van der Waals surface area contributed by atoms with Crippen molar-refractivity contribution in [3.63, 3.8) is 0 Å². The second-order valence-corrected chi connectivity index (χ2v) is 20.4. The molecule has 0 nitrogen and oxygen atoms in total. The van der Waals surface area contributed by atoms with Crippen LogP contribution >= 0.6 is 14.5 Å². The number of hydrogen-bond acceptors (Lipinski definition) is 0. The van der Waals surface area contributed by atoms with E-state index in [-0.39, 0.29) is 0 Å².